The van der Waals surface area contributed by atoms with Gasteiger partial charge in [0.25, 0.3) is 0 Å². The first-order valence-corrected chi connectivity index (χ1v) is 7.05. The van der Waals surface area contributed by atoms with E-state index in [4.69, 9.17) is 27.9 Å². The monoisotopic (exact) mass is 303 g/mol. The van der Waals surface area contributed by atoms with Gasteiger partial charge < -0.3 is 4.74 Å². The van der Waals surface area contributed by atoms with E-state index >= 15 is 0 Å². The maximum atomic E-state index is 5.97. The van der Waals surface area contributed by atoms with Crippen LogP contribution in [0.25, 0.3) is 10.9 Å². The van der Waals surface area contributed by atoms with E-state index in [1.165, 1.54) is 0 Å². The molecule has 0 aliphatic heterocycles. The van der Waals surface area contributed by atoms with Gasteiger partial charge in [-0.15, -0.1) is 11.6 Å². The van der Waals surface area contributed by atoms with Crippen LogP contribution in [-0.2, 0) is 5.88 Å². The molecule has 0 saturated heterocycles. The minimum atomic E-state index is 0.344. The molecule has 0 unspecified atom stereocenters. The van der Waals surface area contributed by atoms with E-state index in [1.54, 1.807) is 6.07 Å². The average molecular weight is 304 g/mol. The maximum Gasteiger partial charge on any atom is 0.138 e. The van der Waals surface area contributed by atoms with E-state index in [-0.39, 0.29) is 0 Å². The van der Waals surface area contributed by atoms with Crippen LogP contribution < -0.4 is 4.74 Å². The largest absolute Gasteiger partial charge is 0.457 e. The molecule has 4 heteroatoms. The Kier molecular flexibility index (Phi) is 3.77. The molecule has 0 N–H and O–H groups in total. The summed E-state index contributed by atoms with van der Waals surface area (Å²) in [5.74, 6) is 1.76. The predicted molar refractivity (Wildman–Crippen MR) is 82.8 cm³/mol. The van der Waals surface area contributed by atoms with Gasteiger partial charge >= 0.3 is 0 Å². The first-order chi connectivity index (χ1) is 9.76. The zero-order chi connectivity index (χ0) is 13.9. The number of rotatable bonds is 3. The van der Waals surface area contributed by atoms with Gasteiger partial charge in [0.15, 0.2) is 0 Å². The molecule has 100 valence electrons. The van der Waals surface area contributed by atoms with Gasteiger partial charge in [0.05, 0.1) is 17.1 Å². The van der Waals surface area contributed by atoms with Crippen LogP contribution in [0.4, 0.5) is 0 Å². The van der Waals surface area contributed by atoms with Crippen LogP contribution in [0.2, 0.25) is 5.02 Å². The minimum Gasteiger partial charge on any atom is -0.457 e. The Morgan fingerprint density at radius 2 is 1.85 bits per heavy atom. The molecule has 0 amide bonds. The van der Waals surface area contributed by atoms with Crippen molar-refractivity contribution < 1.29 is 4.74 Å². The Morgan fingerprint density at radius 3 is 2.65 bits per heavy atom. The van der Waals surface area contributed by atoms with Crippen molar-refractivity contribution in [1.29, 1.82) is 0 Å². The number of alkyl halides is 1. The molecule has 0 fully saturated rings. The Balaban J connectivity index is 2.10. The number of ether oxygens (including phenoxy) is 1. The van der Waals surface area contributed by atoms with Crippen molar-refractivity contribution in [2.75, 3.05) is 0 Å². The summed E-state index contributed by atoms with van der Waals surface area (Å²) in [4.78, 5) is 4.48. The number of aromatic nitrogens is 1. The van der Waals surface area contributed by atoms with E-state index in [0.29, 0.717) is 16.7 Å². The summed E-state index contributed by atoms with van der Waals surface area (Å²) in [6.45, 7) is 0. The Morgan fingerprint density at radius 1 is 1.00 bits per heavy atom. The predicted octanol–water partition coefficient (Wildman–Crippen LogP) is 5.42. The second-order valence-corrected chi connectivity index (χ2v) is 5.03. The molecule has 3 rings (SSSR count). The lowest BCUT2D eigenvalue weighted by molar-refractivity contribution is 0.487. The van der Waals surface area contributed by atoms with Gasteiger partial charge in [-0.2, -0.15) is 0 Å². The van der Waals surface area contributed by atoms with Crippen LogP contribution in [0.15, 0.2) is 54.6 Å². The maximum absolute atomic E-state index is 5.97. The third kappa shape index (κ3) is 2.72. The van der Waals surface area contributed by atoms with Crippen molar-refractivity contribution in [2.24, 2.45) is 0 Å². The van der Waals surface area contributed by atoms with Gasteiger partial charge in [-0.05, 0) is 30.3 Å². The van der Waals surface area contributed by atoms with Gasteiger partial charge in [0, 0.05) is 16.5 Å². The quantitative estimate of drug-likeness (QED) is 0.603. The summed E-state index contributed by atoms with van der Waals surface area (Å²) < 4.78 is 5.93. The third-order valence-corrected chi connectivity index (χ3v) is 3.40. The van der Waals surface area contributed by atoms with Crippen molar-refractivity contribution in [2.45, 2.75) is 5.88 Å². The number of fused-ring (bicyclic) bond motifs is 1. The highest BCUT2D eigenvalue weighted by Crippen LogP contribution is 2.31. The zero-order valence-electron chi connectivity index (χ0n) is 10.5. The van der Waals surface area contributed by atoms with Crippen molar-refractivity contribution in [3.05, 3.63) is 65.3 Å². The number of benzene rings is 2. The average Bonchev–Trinajstić information content (AvgIpc) is 2.47. The molecule has 0 aliphatic rings. The highest BCUT2D eigenvalue weighted by atomic mass is 35.5. The number of halogens is 2. The Bertz CT molecular complexity index is 758. The van der Waals surface area contributed by atoms with Crippen LogP contribution in [0.1, 0.15) is 5.69 Å². The van der Waals surface area contributed by atoms with Crippen LogP contribution >= 0.6 is 23.2 Å². The molecule has 0 saturated carbocycles. The molecule has 0 spiro atoms. The molecule has 3 aromatic rings. The zero-order valence-corrected chi connectivity index (χ0v) is 12.0. The number of hydrogen-bond donors (Lipinski definition) is 0. The molecule has 0 aliphatic carbocycles. The molecule has 0 bridgehead atoms. The van der Waals surface area contributed by atoms with Crippen molar-refractivity contribution in [1.82, 2.24) is 4.98 Å². The standard InChI is InChI=1S/C16H11Cl2NO/c17-10-12-9-16(14-6-1-2-7-15(14)19-12)20-13-5-3-4-11(18)8-13/h1-9H,10H2. The van der Waals surface area contributed by atoms with E-state index in [2.05, 4.69) is 4.98 Å². The third-order valence-electron chi connectivity index (χ3n) is 2.89. The molecule has 2 aromatic carbocycles. The summed E-state index contributed by atoms with van der Waals surface area (Å²) in [6.07, 6.45) is 0. The van der Waals surface area contributed by atoms with Gasteiger partial charge in [-0.25, -0.2) is 0 Å². The van der Waals surface area contributed by atoms with E-state index < -0.39 is 0 Å². The van der Waals surface area contributed by atoms with Crippen LogP contribution in [-0.4, -0.2) is 4.98 Å². The lowest BCUT2D eigenvalue weighted by Gasteiger charge is -2.10. The second-order valence-electron chi connectivity index (χ2n) is 4.32. The fourth-order valence-electron chi connectivity index (χ4n) is 2.01. The second kappa shape index (κ2) is 5.70. The Labute approximate surface area is 126 Å². The van der Waals surface area contributed by atoms with E-state index in [0.717, 1.165) is 22.3 Å². The summed E-state index contributed by atoms with van der Waals surface area (Å²) in [7, 11) is 0. The summed E-state index contributed by atoms with van der Waals surface area (Å²) >= 11 is 11.9. The van der Waals surface area contributed by atoms with Gasteiger partial charge in [-0.1, -0.05) is 29.8 Å². The molecule has 0 atom stereocenters. The summed E-state index contributed by atoms with van der Waals surface area (Å²) in [5, 5.41) is 1.58. The Hall–Kier alpha value is -1.77. The number of para-hydroxylation sites is 1. The molecule has 1 aromatic heterocycles. The summed E-state index contributed by atoms with van der Waals surface area (Å²) in [5.41, 5.74) is 1.64. The van der Waals surface area contributed by atoms with Crippen LogP contribution in [0.5, 0.6) is 11.5 Å². The first kappa shape index (κ1) is 13.2. The minimum absolute atomic E-state index is 0.344. The molecule has 0 radical (unpaired) electrons. The van der Waals surface area contributed by atoms with Crippen LogP contribution in [0.3, 0.4) is 0 Å². The van der Waals surface area contributed by atoms with Crippen molar-refractivity contribution in [3.8, 4) is 11.5 Å². The van der Waals surface area contributed by atoms with Crippen LogP contribution in [0, 0.1) is 0 Å². The molecular formula is C16H11Cl2NO. The fraction of sp³-hybridized carbons (Fsp3) is 0.0625. The lowest BCUT2D eigenvalue weighted by atomic mass is 10.2. The molecule has 20 heavy (non-hydrogen) atoms. The highest BCUT2D eigenvalue weighted by molar-refractivity contribution is 6.30. The number of nitrogens with zero attached hydrogens (tertiary/aromatic N) is 1. The first-order valence-electron chi connectivity index (χ1n) is 6.14. The normalized spacial score (nSPS) is 10.7. The lowest BCUT2D eigenvalue weighted by Crippen LogP contribution is -1.92. The summed E-state index contributed by atoms with van der Waals surface area (Å²) in [6, 6.07) is 17.0. The highest BCUT2D eigenvalue weighted by Gasteiger charge is 2.07. The van der Waals surface area contributed by atoms with Gasteiger partial charge in [0.2, 0.25) is 0 Å². The number of pyridine rings is 1. The van der Waals surface area contributed by atoms with Crippen molar-refractivity contribution in [3.63, 3.8) is 0 Å². The van der Waals surface area contributed by atoms with Crippen molar-refractivity contribution >= 4 is 34.1 Å². The van der Waals surface area contributed by atoms with E-state index in [1.807, 2.05) is 48.5 Å². The molecular weight excluding hydrogens is 293 g/mol. The van der Waals surface area contributed by atoms with Gasteiger partial charge in [-0.3, -0.25) is 4.98 Å². The SMILES string of the molecule is ClCc1cc(Oc2cccc(Cl)c2)c2ccccc2n1. The fourth-order valence-corrected chi connectivity index (χ4v) is 2.32. The van der Waals surface area contributed by atoms with Gasteiger partial charge in [0.1, 0.15) is 11.5 Å². The molecule has 1 heterocycles. The number of hydrogen-bond acceptors (Lipinski definition) is 2. The topological polar surface area (TPSA) is 22.1 Å². The molecule has 2 nitrogen and oxygen atoms in total. The smallest absolute Gasteiger partial charge is 0.138 e. The van der Waals surface area contributed by atoms with E-state index in [9.17, 15) is 0 Å².